The molecule has 0 aliphatic carbocycles. The number of aromatic nitrogens is 1. The first-order valence-electron chi connectivity index (χ1n) is 4.46. The summed E-state index contributed by atoms with van der Waals surface area (Å²) in [5, 5.41) is 9.27. The molecule has 3 nitrogen and oxygen atoms in total. The maximum Gasteiger partial charge on any atom is 0.206 e. The van der Waals surface area contributed by atoms with E-state index < -0.39 is 0 Å². The van der Waals surface area contributed by atoms with Crippen molar-refractivity contribution in [2.75, 3.05) is 0 Å². The maximum atomic E-state index is 8.70. The first-order valence-corrected chi connectivity index (χ1v) is 6.37. The molecular weight excluding hydrogens is 336 g/mol. The molecule has 0 aliphatic rings. The van der Waals surface area contributed by atoms with E-state index in [-0.39, 0.29) is 0 Å². The van der Waals surface area contributed by atoms with Gasteiger partial charge in [-0.05, 0) is 28.1 Å². The lowest BCUT2D eigenvalue weighted by molar-refractivity contribution is 0.497. The Balaban J connectivity index is 2.42. The second-order valence-electron chi connectivity index (χ2n) is 3.05. The summed E-state index contributed by atoms with van der Waals surface area (Å²) in [6.45, 7) is 0. The van der Waals surface area contributed by atoms with Gasteiger partial charge < -0.3 is 4.42 Å². The highest BCUT2D eigenvalue weighted by molar-refractivity contribution is 9.10. The molecule has 2 rings (SSSR count). The fraction of sp³-hybridized carbons (Fsp3) is 0.0909. The highest BCUT2D eigenvalue weighted by Crippen LogP contribution is 2.29. The van der Waals surface area contributed by atoms with E-state index >= 15 is 0 Å². The molecule has 16 heavy (non-hydrogen) atoms. The Hall–Kier alpha value is -1.12. The lowest BCUT2D eigenvalue weighted by Gasteiger charge is -1.95. The molecule has 2 aromatic rings. The van der Waals surface area contributed by atoms with Crippen LogP contribution in [0.15, 0.2) is 33.4 Å². The fourth-order valence-corrected chi connectivity index (χ4v) is 2.03. The molecule has 0 saturated carbocycles. The number of hydrogen-bond donors (Lipinski definition) is 0. The largest absolute Gasteiger partial charge is 0.432 e. The van der Waals surface area contributed by atoms with Crippen LogP contribution in [0.5, 0.6) is 0 Å². The molecule has 80 valence electrons. The first-order chi connectivity index (χ1) is 7.74. The van der Waals surface area contributed by atoms with Crippen LogP contribution in [0.4, 0.5) is 0 Å². The molecular formula is C11H6Br2N2O. The van der Waals surface area contributed by atoms with Crippen molar-refractivity contribution in [1.29, 1.82) is 5.26 Å². The zero-order chi connectivity index (χ0) is 11.5. The number of oxazole rings is 1. The molecule has 5 heteroatoms. The monoisotopic (exact) mass is 340 g/mol. The highest BCUT2D eigenvalue weighted by atomic mass is 79.9. The van der Waals surface area contributed by atoms with E-state index in [4.69, 9.17) is 9.68 Å². The Kier molecular flexibility index (Phi) is 3.42. The van der Waals surface area contributed by atoms with Crippen LogP contribution in [-0.4, -0.2) is 4.98 Å². The summed E-state index contributed by atoms with van der Waals surface area (Å²) in [7, 11) is 0. The van der Waals surface area contributed by atoms with Crippen LogP contribution in [0.3, 0.4) is 0 Å². The lowest BCUT2D eigenvalue weighted by Crippen LogP contribution is -1.81. The molecule has 0 atom stereocenters. The molecule has 0 fully saturated rings. The molecule has 0 N–H and O–H groups in total. The predicted octanol–water partition coefficient (Wildman–Crippen LogP) is 3.87. The zero-order valence-electron chi connectivity index (χ0n) is 8.08. The minimum absolute atomic E-state index is 0.571. The summed E-state index contributed by atoms with van der Waals surface area (Å²) in [5.74, 6) is 0.617. The van der Waals surface area contributed by atoms with E-state index in [1.165, 1.54) is 0 Å². The van der Waals surface area contributed by atoms with Crippen LogP contribution in [0.1, 0.15) is 11.5 Å². The summed E-state index contributed by atoms with van der Waals surface area (Å²) in [6, 6.07) is 9.27. The Morgan fingerprint density at radius 3 is 2.50 bits per heavy atom. The van der Waals surface area contributed by atoms with Crippen LogP contribution in [0, 0.1) is 11.3 Å². The van der Waals surface area contributed by atoms with Crippen molar-refractivity contribution in [3.8, 4) is 17.3 Å². The van der Waals surface area contributed by atoms with Gasteiger partial charge in [0.25, 0.3) is 0 Å². The molecule has 0 spiro atoms. The quantitative estimate of drug-likeness (QED) is 0.779. The molecule has 1 aromatic heterocycles. The van der Waals surface area contributed by atoms with Gasteiger partial charge >= 0.3 is 0 Å². The van der Waals surface area contributed by atoms with Gasteiger partial charge in [-0.15, -0.1) is 0 Å². The van der Waals surface area contributed by atoms with E-state index in [0.29, 0.717) is 21.5 Å². The van der Waals surface area contributed by atoms with E-state index in [1.54, 1.807) is 12.1 Å². The van der Waals surface area contributed by atoms with Gasteiger partial charge in [0, 0.05) is 5.56 Å². The molecule has 0 radical (unpaired) electrons. The number of hydrogen-bond acceptors (Lipinski definition) is 3. The van der Waals surface area contributed by atoms with Crippen molar-refractivity contribution < 1.29 is 4.42 Å². The Morgan fingerprint density at radius 2 is 2.00 bits per heavy atom. The van der Waals surface area contributed by atoms with Crippen LogP contribution in [-0.2, 0) is 5.33 Å². The highest BCUT2D eigenvalue weighted by Gasteiger charge is 2.11. The van der Waals surface area contributed by atoms with E-state index in [2.05, 4.69) is 42.9 Å². The third-order valence-corrected chi connectivity index (χ3v) is 3.05. The first kappa shape index (κ1) is 11.4. The molecule has 0 unspecified atom stereocenters. The minimum atomic E-state index is 0.571. The SMILES string of the molecule is N#Cc1ccc(-c2nc(CBr)oc2Br)cc1. The number of alkyl halides is 1. The average Bonchev–Trinajstić information content (AvgIpc) is 2.71. The van der Waals surface area contributed by atoms with Crippen LogP contribution in [0.2, 0.25) is 0 Å². The van der Waals surface area contributed by atoms with Crippen molar-refractivity contribution in [3.63, 3.8) is 0 Å². The average molecular weight is 342 g/mol. The second-order valence-corrected chi connectivity index (χ2v) is 4.33. The van der Waals surface area contributed by atoms with E-state index in [1.807, 2.05) is 12.1 Å². The van der Waals surface area contributed by atoms with E-state index in [9.17, 15) is 0 Å². The summed E-state index contributed by atoms with van der Waals surface area (Å²) in [4.78, 5) is 4.31. The third kappa shape index (κ3) is 2.18. The van der Waals surface area contributed by atoms with Gasteiger partial charge in [0.15, 0.2) is 4.67 Å². The Bertz CT molecular complexity index is 540. The molecule has 0 bridgehead atoms. The zero-order valence-corrected chi connectivity index (χ0v) is 11.2. The van der Waals surface area contributed by atoms with Gasteiger partial charge in [-0.3, -0.25) is 0 Å². The van der Waals surface area contributed by atoms with E-state index in [0.717, 1.165) is 11.3 Å². The smallest absolute Gasteiger partial charge is 0.206 e. The number of nitrogens with zero attached hydrogens (tertiary/aromatic N) is 2. The van der Waals surface area contributed by atoms with Gasteiger partial charge in [-0.1, -0.05) is 28.1 Å². The predicted molar refractivity (Wildman–Crippen MR) is 67.0 cm³/mol. The molecule has 1 heterocycles. The van der Waals surface area contributed by atoms with Crippen molar-refractivity contribution >= 4 is 31.9 Å². The Morgan fingerprint density at radius 1 is 1.31 bits per heavy atom. The van der Waals surface area contributed by atoms with Crippen molar-refractivity contribution in [3.05, 3.63) is 40.4 Å². The third-order valence-electron chi connectivity index (χ3n) is 2.03. The van der Waals surface area contributed by atoms with Gasteiger partial charge in [0.2, 0.25) is 5.89 Å². The number of rotatable bonds is 2. The molecule has 1 aromatic carbocycles. The summed E-state index contributed by atoms with van der Waals surface area (Å²) in [6.07, 6.45) is 0. The minimum Gasteiger partial charge on any atom is -0.432 e. The van der Waals surface area contributed by atoms with Gasteiger partial charge in [0.05, 0.1) is 17.0 Å². The number of nitriles is 1. The van der Waals surface area contributed by atoms with Crippen LogP contribution >= 0.6 is 31.9 Å². The van der Waals surface area contributed by atoms with Gasteiger partial charge in [-0.2, -0.15) is 5.26 Å². The second kappa shape index (κ2) is 4.81. The van der Waals surface area contributed by atoms with Crippen molar-refractivity contribution in [2.45, 2.75) is 5.33 Å². The summed E-state index contributed by atoms with van der Waals surface area (Å²) >= 11 is 6.60. The normalized spacial score (nSPS) is 10.1. The summed E-state index contributed by atoms with van der Waals surface area (Å²) < 4.78 is 5.97. The number of benzene rings is 1. The maximum absolute atomic E-state index is 8.70. The standard InChI is InChI=1S/C11H6Br2N2O/c12-5-9-15-10(11(13)16-9)8-3-1-7(6-14)2-4-8/h1-4H,5H2. The molecule has 0 saturated heterocycles. The van der Waals surface area contributed by atoms with Crippen molar-refractivity contribution in [1.82, 2.24) is 4.98 Å². The topological polar surface area (TPSA) is 49.8 Å². The van der Waals surface area contributed by atoms with Crippen LogP contribution in [0.25, 0.3) is 11.3 Å². The molecule has 0 amide bonds. The van der Waals surface area contributed by atoms with Crippen LogP contribution < -0.4 is 0 Å². The fourth-order valence-electron chi connectivity index (χ4n) is 1.28. The van der Waals surface area contributed by atoms with Crippen molar-refractivity contribution in [2.24, 2.45) is 0 Å². The van der Waals surface area contributed by atoms with Gasteiger partial charge in [0.1, 0.15) is 5.69 Å². The lowest BCUT2D eigenvalue weighted by atomic mass is 10.1. The number of halogens is 2. The molecule has 0 aliphatic heterocycles. The summed E-state index contributed by atoms with van der Waals surface area (Å²) in [5.41, 5.74) is 2.30. The Labute approximate surface area is 109 Å². The van der Waals surface area contributed by atoms with Gasteiger partial charge in [-0.25, -0.2) is 4.98 Å².